The quantitative estimate of drug-likeness (QED) is 0.243. The van der Waals surface area contributed by atoms with Gasteiger partial charge >= 0.3 is 6.18 Å². The van der Waals surface area contributed by atoms with Crippen molar-refractivity contribution >= 4 is 23.1 Å². The summed E-state index contributed by atoms with van der Waals surface area (Å²) in [6, 6.07) is 3.48. The molecule has 3 heterocycles. The average molecular weight is 534 g/mol. The van der Waals surface area contributed by atoms with E-state index in [1.54, 1.807) is 33.5 Å². The van der Waals surface area contributed by atoms with E-state index in [0.29, 0.717) is 17.7 Å². The molecule has 0 aromatic carbocycles. The topological polar surface area (TPSA) is 47.1 Å². The van der Waals surface area contributed by atoms with E-state index in [2.05, 4.69) is 22.2 Å². The van der Waals surface area contributed by atoms with Crippen molar-refractivity contribution in [3.8, 4) is 0 Å². The van der Waals surface area contributed by atoms with Crippen molar-refractivity contribution in [2.24, 2.45) is 5.92 Å². The Morgan fingerprint density at radius 1 is 1.13 bits per heavy atom. The van der Waals surface area contributed by atoms with Crippen LogP contribution in [0.25, 0.3) is 23.1 Å². The molecule has 38 heavy (non-hydrogen) atoms. The summed E-state index contributed by atoms with van der Waals surface area (Å²) in [5, 5.41) is 3.07. The minimum absolute atomic E-state index is 0.0703. The van der Waals surface area contributed by atoms with Crippen LogP contribution in [0.15, 0.2) is 47.7 Å². The predicted molar refractivity (Wildman–Crippen MR) is 155 cm³/mol. The molecule has 5 nitrogen and oxygen atoms in total. The predicted octanol–water partition coefficient (Wildman–Crippen LogP) is 9.05. The van der Waals surface area contributed by atoms with Crippen molar-refractivity contribution < 1.29 is 13.2 Å². The van der Waals surface area contributed by atoms with Gasteiger partial charge < -0.3 is 5.32 Å². The highest BCUT2D eigenvalue weighted by molar-refractivity contribution is 5.81. The van der Waals surface area contributed by atoms with Gasteiger partial charge in [-0.2, -0.15) is 13.2 Å². The lowest BCUT2D eigenvalue weighted by Gasteiger charge is -2.08. The molecule has 4 rings (SSSR count). The molecule has 0 saturated heterocycles. The van der Waals surface area contributed by atoms with Gasteiger partial charge in [0.25, 0.3) is 0 Å². The third kappa shape index (κ3) is 9.15. The Kier molecular flexibility index (Phi) is 14.1. The fraction of sp³-hybridized carbons (Fsp3) is 0.533. The van der Waals surface area contributed by atoms with Crippen LogP contribution in [0.1, 0.15) is 93.0 Å². The molecule has 1 aliphatic carbocycles. The second-order valence-electron chi connectivity index (χ2n) is 8.88. The molecule has 0 unspecified atom stereocenters. The van der Waals surface area contributed by atoms with Gasteiger partial charge in [-0.1, -0.05) is 78.2 Å². The van der Waals surface area contributed by atoms with Crippen LogP contribution in [0.4, 0.5) is 13.2 Å². The van der Waals surface area contributed by atoms with Gasteiger partial charge in [-0.05, 0) is 57.4 Å². The summed E-state index contributed by atoms with van der Waals surface area (Å²) in [6.07, 6.45) is 8.51. The van der Waals surface area contributed by atoms with Crippen LogP contribution in [-0.4, -0.2) is 25.5 Å². The molecule has 3 aromatic rings. The van der Waals surface area contributed by atoms with Crippen molar-refractivity contribution in [1.29, 1.82) is 0 Å². The van der Waals surface area contributed by atoms with Gasteiger partial charge in [0, 0.05) is 18.9 Å². The van der Waals surface area contributed by atoms with Gasteiger partial charge in [-0.15, -0.1) is 0 Å². The molecule has 8 heteroatoms. The Morgan fingerprint density at radius 2 is 1.76 bits per heavy atom. The molecule has 3 aromatic heterocycles. The van der Waals surface area contributed by atoms with Crippen molar-refractivity contribution in [2.75, 3.05) is 6.54 Å². The smallest absolute Gasteiger partial charge is 0.311 e. The summed E-state index contributed by atoms with van der Waals surface area (Å²) in [5.74, 6) is 1.28. The first-order valence-electron chi connectivity index (χ1n) is 13.8. The summed E-state index contributed by atoms with van der Waals surface area (Å²) in [6.45, 7) is 18.7. The Labute approximate surface area is 226 Å². The summed E-state index contributed by atoms with van der Waals surface area (Å²) in [5.41, 5.74) is 2.28. The second kappa shape index (κ2) is 16.2. The fourth-order valence-electron chi connectivity index (χ4n) is 3.67. The largest absolute Gasteiger partial charge is 0.435 e. The maximum Gasteiger partial charge on any atom is 0.435 e. The molecule has 0 atom stereocenters. The zero-order chi connectivity index (χ0) is 28.9. The number of allylic oxidation sites excluding steroid dienone is 5. The third-order valence-corrected chi connectivity index (χ3v) is 5.48. The normalized spacial score (nSPS) is 14.1. The van der Waals surface area contributed by atoms with Crippen LogP contribution in [0.3, 0.4) is 0 Å². The maximum absolute atomic E-state index is 13.8. The highest BCUT2D eigenvalue weighted by Gasteiger charge is 2.39. The number of imidazole rings is 2. The van der Waals surface area contributed by atoms with E-state index in [9.17, 15) is 13.2 Å². The SMILES string of the molecule is C/C=C/C(C)=C\C(C)=C\n1c2ncccc2n2c(CNCCC)c(C(F)(F)F)nc12.CC.CC.CC1CC1. The number of alkyl halides is 3. The standard InChI is InChI=1S/C22H26F3N5.C4H8.2C2H6/c1-5-8-15(3)12-16(4)14-29-20-17(9-7-11-27-20)30-18(13-26-10-6-2)19(22(23,24)25)28-21(29)30;1-4-2-3-4;2*1-2/h5,7-9,11-12,14,26H,6,10,13H2,1-4H3;4H,2-3H2,1H3;2*1-2H3/b8-5+,15-12-,16-14+;;;. The van der Waals surface area contributed by atoms with Crippen LogP contribution in [0.2, 0.25) is 0 Å². The highest BCUT2D eigenvalue weighted by Crippen LogP contribution is 2.34. The molecule has 212 valence electrons. The van der Waals surface area contributed by atoms with Crippen LogP contribution >= 0.6 is 0 Å². The van der Waals surface area contributed by atoms with Gasteiger partial charge in [-0.25, -0.2) is 9.97 Å². The Bertz CT molecular complexity index is 1210. The number of fused-ring (bicyclic) bond motifs is 3. The van der Waals surface area contributed by atoms with Crippen molar-refractivity contribution in [1.82, 2.24) is 24.3 Å². The van der Waals surface area contributed by atoms with Crippen molar-refractivity contribution in [3.05, 3.63) is 59.1 Å². The van der Waals surface area contributed by atoms with Gasteiger partial charge in [0.15, 0.2) is 11.3 Å². The van der Waals surface area contributed by atoms with Gasteiger partial charge in [0.05, 0.1) is 11.2 Å². The van der Waals surface area contributed by atoms with E-state index >= 15 is 0 Å². The van der Waals surface area contributed by atoms with Gasteiger partial charge in [0.2, 0.25) is 5.78 Å². The first kappa shape index (κ1) is 33.2. The van der Waals surface area contributed by atoms with Crippen LogP contribution < -0.4 is 5.32 Å². The molecule has 1 fully saturated rings. The second-order valence-corrected chi connectivity index (χ2v) is 8.88. The monoisotopic (exact) mass is 533 g/mol. The van der Waals surface area contributed by atoms with E-state index in [1.165, 1.54) is 12.8 Å². The van der Waals surface area contributed by atoms with E-state index in [-0.39, 0.29) is 18.0 Å². The van der Waals surface area contributed by atoms with E-state index in [0.717, 1.165) is 23.5 Å². The Hall–Kier alpha value is -2.87. The van der Waals surface area contributed by atoms with Crippen molar-refractivity contribution in [2.45, 2.75) is 94.3 Å². The average Bonchev–Trinajstić information content (AvgIpc) is 3.49. The fourth-order valence-corrected chi connectivity index (χ4v) is 3.67. The van der Waals surface area contributed by atoms with Gasteiger partial charge in [-0.3, -0.25) is 8.97 Å². The summed E-state index contributed by atoms with van der Waals surface area (Å²) in [4.78, 5) is 8.42. The van der Waals surface area contributed by atoms with Crippen LogP contribution in [0.5, 0.6) is 0 Å². The number of nitrogens with one attached hydrogen (secondary N) is 1. The minimum Gasteiger partial charge on any atom is -0.311 e. The zero-order valence-electron chi connectivity index (χ0n) is 24.6. The van der Waals surface area contributed by atoms with Crippen molar-refractivity contribution in [3.63, 3.8) is 0 Å². The molecular formula is C30H46F3N5. The number of pyridine rings is 1. The molecule has 0 bridgehead atoms. The summed E-state index contributed by atoms with van der Waals surface area (Å²) >= 11 is 0. The van der Waals surface area contributed by atoms with E-state index < -0.39 is 11.9 Å². The Morgan fingerprint density at radius 3 is 2.29 bits per heavy atom. The summed E-state index contributed by atoms with van der Waals surface area (Å²) < 4.78 is 44.5. The molecule has 0 radical (unpaired) electrons. The van der Waals surface area contributed by atoms with Crippen LogP contribution in [-0.2, 0) is 12.7 Å². The van der Waals surface area contributed by atoms with E-state index in [1.807, 2.05) is 73.6 Å². The molecule has 1 saturated carbocycles. The lowest BCUT2D eigenvalue weighted by atomic mass is 10.2. The lowest BCUT2D eigenvalue weighted by molar-refractivity contribution is -0.141. The molecule has 1 N–H and O–H groups in total. The third-order valence-electron chi connectivity index (χ3n) is 5.48. The maximum atomic E-state index is 13.8. The number of hydrogen-bond donors (Lipinski definition) is 1. The highest BCUT2D eigenvalue weighted by atomic mass is 19.4. The molecular weight excluding hydrogens is 487 g/mol. The summed E-state index contributed by atoms with van der Waals surface area (Å²) in [7, 11) is 0. The number of aromatic nitrogens is 4. The van der Waals surface area contributed by atoms with Crippen LogP contribution in [0, 0.1) is 5.92 Å². The zero-order valence-corrected chi connectivity index (χ0v) is 24.6. The first-order valence-corrected chi connectivity index (χ1v) is 13.8. The number of halogens is 3. The lowest BCUT2D eigenvalue weighted by Crippen LogP contribution is -2.19. The van der Waals surface area contributed by atoms with E-state index in [4.69, 9.17) is 0 Å². The van der Waals surface area contributed by atoms with Gasteiger partial charge in [0.1, 0.15) is 0 Å². The number of rotatable bonds is 7. The molecule has 0 amide bonds. The number of nitrogens with zero attached hydrogens (tertiary/aromatic N) is 4. The molecule has 1 aliphatic rings. The number of hydrogen-bond acceptors (Lipinski definition) is 3. The molecule has 0 aliphatic heterocycles. The minimum atomic E-state index is -4.55. The molecule has 0 spiro atoms. The first-order chi connectivity index (χ1) is 18.2. The Balaban J connectivity index is 0.000000793.